The van der Waals surface area contributed by atoms with Gasteiger partial charge in [0, 0.05) is 45.4 Å². The summed E-state index contributed by atoms with van der Waals surface area (Å²) in [5, 5.41) is 14.2. The van der Waals surface area contributed by atoms with Gasteiger partial charge in [-0.1, -0.05) is 44.7 Å². The van der Waals surface area contributed by atoms with E-state index in [0.29, 0.717) is 38.6 Å². The van der Waals surface area contributed by atoms with Crippen LogP contribution in [0.15, 0.2) is 24.3 Å². The summed E-state index contributed by atoms with van der Waals surface area (Å²) in [7, 11) is 0. The number of carbonyl (C=O) groups is 2. The summed E-state index contributed by atoms with van der Waals surface area (Å²) in [6.45, 7) is 6.59. The molecule has 2 amide bonds. The molecule has 1 aromatic rings. The van der Waals surface area contributed by atoms with E-state index in [9.17, 15) is 14.7 Å². The monoisotopic (exact) mass is 541 g/mol. The standard InChI is InChI=1S/C31H47N3O5/c1-2-3-17-34-28(35)27(22-30(37)13-5-4-6-14-30)32-29(36)31(34)15-18-33(19-16-31)23-24-7-9-25(10-8-24)39-26-11-20-38-21-12-26/h7-10,26-27,37H,2-6,11-23H2,1H3,(H,32,36)/t27-/m1/s1. The number of unbranched alkanes of at least 4 members (excludes halogenated alkanes) is 1. The number of carbonyl (C=O) groups excluding carboxylic acids is 2. The van der Waals surface area contributed by atoms with Crippen molar-refractivity contribution >= 4 is 11.8 Å². The van der Waals surface area contributed by atoms with E-state index in [4.69, 9.17) is 9.47 Å². The van der Waals surface area contributed by atoms with Gasteiger partial charge in [-0.3, -0.25) is 14.5 Å². The van der Waals surface area contributed by atoms with E-state index in [2.05, 4.69) is 41.4 Å². The van der Waals surface area contributed by atoms with Crippen LogP contribution in [0.3, 0.4) is 0 Å². The number of likely N-dealkylation sites (tertiary alicyclic amines) is 1. The fraction of sp³-hybridized carbons (Fsp3) is 0.742. The summed E-state index contributed by atoms with van der Waals surface area (Å²) in [4.78, 5) is 31.7. The van der Waals surface area contributed by atoms with E-state index in [1.807, 2.05) is 4.90 Å². The fourth-order valence-corrected chi connectivity index (χ4v) is 6.94. The van der Waals surface area contributed by atoms with Gasteiger partial charge in [0.2, 0.25) is 11.8 Å². The Labute approximate surface area is 233 Å². The molecule has 3 saturated heterocycles. The smallest absolute Gasteiger partial charge is 0.246 e. The highest BCUT2D eigenvalue weighted by Gasteiger charge is 2.54. The first kappa shape index (κ1) is 28.4. The Balaban J connectivity index is 1.19. The quantitative estimate of drug-likeness (QED) is 0.494. The molecule has 1 atom stereocenters. The maximum absolute atomic E-state index is 13.8. The number of hydrogen-bond acceptors (Lipinski definition) is 6. The minimum atomic E-state index is -0.846. The zero-order valence-electron chi connectivity index (χ0n) is 23.7. The van der Waals surface area contributed by atoms with Crippen LogP contribution in [0.5, 0.6) is 5.75 Å². The summed E-state index contributed by atoms with van der Waals surface area (Å²) in [5.41, 5.74) is -0.407. The molecule has 1 saturated carbocycles. The Morgan fingerprint density at radius 1 is 1.03 bits per heavy atom. The SMILES string of the molecule is CCCCN1C(=O)[C@@H](CC2(O)CCCCC2)NC(=O)C12CCN(Cc1ccc(OC3CCOCC3)cc1)CC2. The summed E-state index contributed by atoms with van der Waals surface area (Å²) >= 11 is 0. The van der Waals surface area contributed by atoms with E-state index in [1.54, 1.807) is 0 Å². The van der Waals surface area contributed by atoms with Gasteiger partial charge in [-0.2, -0.15) is 0 Å². The molecule has 5 rings (SSSR count). The van der Waals surface area contributed by atoms with Crippen LogP contribution in [0, 0.1) is 0 Å². The summed E-state index contributed by atoms with van der Waals surface area (Å²) in [6, 6.07) is 7.74. The van der Waals surface area contributed by atoms with Crippen molar-refractivity contribution < 1.29 is 24.2 Å². The zero-order valence-corrected chi connectivity index (χ0v) is 23.7. The second-order valence-electron chi connectivity index (χ2n) is 12.2. The predicted molar refractivity (Wildman–Crippen MR) is 149 cm³/mol. The molecule has 4 fully saturated rings. The van der Waals surface area contributed by atoms with Crippen molar-refractivity contribution in [2.45, 2.75) is 114 Å². The van der Waals surface area contributed by atoms with E-state index >= 15 is 0 Å². The zero-order chi connectivity index (χ0) is 27.3. The van der Waals surface area contributed by atoms with Crippen molar-refractivity contribution in [3.05, 3.63) is 29.8 Å². The first-order chi connectivity index (χ1) is 18.9. The maximum atomic E-state index is 13.8. The number of hydrogen-bond donors (Lipinski definition) is 2. The summed E-state index contributed by atoms with van der Waals surface area (Å²) < 4.78 is 11.5. The molecule has 1 spiro atoms. The summed E-state index contributed by atoms with van der Waals surface area (Å²) in [6.07, 6.45) is 10.1. The first-order valence-electron chi connectivity index (χ1n) is 15.3. The van der Waals surface area contributed by atoms with E-state index in [1.165, 1.54) is 5.56 Å². The molecule has 8 heteroatoms. The molecule has 39 heavy (non-hydrogen) atoms. The van der Waals surface area contributed by atoms with Crippen molar-refractivity contribution in [2.75, 3.05) is 32.8 Å². The second-order valence-corrected chi connectivity index (χ2v) is 12.2. The largest absolute Gasteiger partial charge is 0.490 e. The van der Waals surface area contributed by atoms with Gasteiger partial charge in [-0.25, -0.2) is 0 Å². The number of nitrogens with one attached hydrogen (secondary N) is 1. The molecule has 4 aliphatic rings. The predicted octanol–water partition coefficient (Wildman–Crippen LogP) is 3.79. The lowest BCUT2D eigenvalue weighted by atomic mass is 9.77. The molecule has 3 heterocycles. The van der Waals surface area contributed by atoms with Gasteiger partial charge in [-0.15, -0.1) is 0 Å². The minimum Gasteiger partial charge on any atom is -0.490 e. The number of piperidine rings is 1. The van der Waals surface area contributed by atoms with Crippen LogP contribution in [-0.4, -0.2) is 82.9 Å². The van der Waals surface area contributed by atoms with Gasteiger partial charge < -0.3 is 24.8 Å². The van der Waals surface area contributed by atoms with Crippen LogP contribution >= 0.6 is 0 Å². The highest BCUT2D eigenvalue weighted by Crippen LogP contribution is 2.37. The third-order valence-electron chi connectivity index (χ3n) is 9.40. The Hall–Kier alpha value is -2.16. The Morgan fingerprint density at radius 3 is 2.38 bits per heavy atom. The molecule has 1 aliphatic carbocycles. The van der Waals surface area contributed by atoms with Gasteiger partial charge in [0.05, 0.1) is 18.8 Å². The lowest BCUT2D eigenvalue weighted by Crippen LogP contribution is -2.73. The lowest BCUT2D eigenvalue weighted by Gasteiger charge is -2.52. The van der Waals surface area contributed by atoms with Crippen LogP contribution < -0.4 is 10.1 Å². The highest BCUT2D eigenvalue weighted by molar-refractivity contribution is 6.00. The first-order valence-corrected chi connectivity index (χ1v) is 15.3. The molecular formula is C31H47N3O5. The number of amides is 2. The number of aliphatic hydroxyl groups is 1. The molecule has 0 bridgehead atoms. The summed E-state index contributed by atoms with van der Waals surface area (Å²) in [5.74, 6) is 0.868. The van der Waals surface area contributed by atoms with Gasteiger partial charge in [0.15, 0.2) is 0 Å². The van der Waals surface area contributed by atoms with Crippen molar-refractivity contribution in [1.82, 2.24) is 15.1 Å². The number of nitrogens with zero attached hydrogens (tertiary/aromatic N) is 2. The maximum Gasteiger partial charge on any atom is 0.246 e. The van der Waals surface area contributed by atoms with E-state index in [-0.39, 0.29) is 17.9 Å². The van der Waals surface area contributed by atoms with Crippen LogP contribution in [0.25, 0.3) is 0 Å². The number of piperazine rings is 1. The van der Waals surface area contributed by atoms with Crippen LogP contribution in [-0.2, 0) is 20.9 Å². The van der Waals surface area contributed by atoms with Crippen molar-refractivity contribution in [3.63, 3.8) is 0 Å². The minimum absolute atomic E-state index is 0.00406. The van der Waals surface area contributed by atoms with Gasteiger partial charge >= 0.3 is 0 Å². The average Bonchev–Trinajstić information content (AvgIpc) is 2.95. The topological polar surface area (TPSA) is 91.3 Å². The Kier molecular flexibility index (Phi) is 9.14. The van der Waals surface area contributed by atoms with Crippen LogP contribution in [0.2, 0.25) is 0 Å². The second kappa shape index (κ2) is 12.6. The van der Waals surface area contributed by atoms with Gasteiger partial charge in [-0.05, 0) is 49.8 Å². The van der Waals surface area contributed by atoms with Gasteiger partial charge in [0.25, 0.3) is 0 Å². The molecule has 0 unspecified atom stereocenters. The van der Waals surface area contributed by atoms with Crippen molar-refractivity contribution in [2.24, 2.45) is 0 Å². The average molecular weight is 542 g/mol. The molecule has 0 radical (unpaired) electrons. The molecule has 8 nitrogen and oxygen atoms in total. The lowest BCUT2D eigenvalue weighted by molar-refractivity contribution is -0.163. The van der Waals surface area contributed by atoms with Crippen molar-refractivity contribution in [1.29, 1.82) is 0 Å². The molecule has 2 N–H and O–H groups in total. The molecule has 1 aromatic carbocycles. The number of ether oxygens (including phenoxy) is 2. The fourth-order valence-electron chi connectivity index (χ4n) is 6.94. The normalized spacial score (nSPS) is 26.0. The van der Waals surface area contributed by atoms with E-state index < -0.39 is 17.2 Å². The molecular weight excluding hydrogens is 494 g/mol. The molecule has 216 valence electrons. The molecule has 3 aliphatic heterocycles. The third kappa shape index (κ3) is 6.60. The number of benzene rings is 1. The Morgan fingerprint density at radius 2 is 1.72 bits per heavy atom. The number of rotatable bonds is 9. The third-order valence-corrected chi connectivity index (χ3v) is 9.40. The van der Waals surface area contributed by atoms with E-state index in [0.717, 1.165) is 83.5 Å². The van der Waals surface area contributed by atoms with Crippen molar-refractivity contribution in [3.8, 4) is 5.75 Å². The molecule has 0 aromatic heterocycles. The highest BCUT2D eigenvalue weighted by atomic mass is 16.5. The van der Waals surface area contributed by atoms with Gasteiger partial charge in [0.1, 0.15) is 23.4 Å². The van der Waals surface area contributed by atoms with Crippen LogP contribution in [0.1, 0.15) is 89.5 Å². The van der Waals surface area contributed by atoms with Crippen LogP contribution in [0.4, 0.5) is 0 Å². The Bertz CT molecular complexity index is 963.